The number of thiocarbonyl (C=S) groups is 1. The van der Waals surface area contributed by atoms with E-state index in [9.17, 15) is 4.79 Å². The quantitative estimate of drug-likeness (QED) is 0.774. The van der Waals surface area contributed by atoms with E-state index >= 15 is 0 Å². The van der Waals surface area contributed by atoms with Gasteiger partial charge in [0.1, 0.15) is 5.25 Å². The van der Waals surface area contributed by atoms with E-state index in [4.69, 9.17) is 12.2 Å². The third kappa shape index (κ3) is 3.83. The Morgan fingerprint density at radius 1 is 1.22 bits per heavy atom. The van der Waals surface area contributed by atoms with Gasteiger partial charge in [-0.3, -0.25) is 14.7 Å². The number of guanidine groups is 1. The predicted octanol–water partition coefficient (Wildman–Crippen LogP) is 1.61. The average Bonchev–Trinajstić information content (AvgIpc) is 3.26. The molecule has 144 valence electrons. The molecular formula is C19H25N5OS2. The summed E-state index contributed by atoms with van der Waals surface area (Å²) in [5.74, 6) is 0.689. The number of aryl methyl sites for hydroxylation is 2. The fraction of sp³-hybridized carbons (Fsp3) is 0.526. The van der Waals surface area contributed by atoms with E-state index in [2.05, 4.69) is 52.2 Å². The zero-order valence-corrected chi connectivity index (χ0v) is 17.4. The Hall–Kier alpha value is -1.64. The van der Waals surface area contributed by atoms with E-state index in [1.165, 1.54) is 28.6 Å². The Labute approximate surface area is 170 Å². The number of hydrogen-bond donors (Lipinski definition) is 1. The molecule has 6 nitrogen and oxygen atoms in total. The number of aliphatic imine (C=N–C) groups is 1. The van der Waals surface area contributed by atoms with Crippen molar-refractivity contribution in [1.29, 1.82) is 0 Å². The van der Waals surface area contributed by atoms with Gasteiger partial charge in [-0.2, -0.15) is 0 Å². The van der Waals surface area contributed by atoms with Crippen molar-refractivity contribution in [2.24, 2.45) is 4.99 Å². The number of piperazine rings is 1. The van der Waals surface area contributed by atoms with Crippen molar-refractivity contribution in [2.45, 2.75) is 19.1 Å². The first kappa shape index (κ1) is 18.7. The monoisotopic (exact) mass is 403 g/mol. The van der Waals surface area contributed by atoms with Gasteiger partial charge >= 0.3 is 0 Å². The first-order valence-electron chi connectivity index (χ1n) is 9.40. The van der Waals surface area contributed by atoms with Crippen molar-refractivity contribution < 1.29 is 4.79 Å². The molecule has 0 radical (unpaired) electrons. The lowest BCUT2D eigenvalue weighted by atomic mass is 10.1. The van der Waals surface area contributed by atoms with Crippen molar-refractivity contribution in [3.05, 3.63) is 29.3 Å². The summed E-state index contributed by atoms with van der Waals surface area (Å²) in [5.41, 5.74) is 3.96. The molecule has 1 aromatic rings. The fourth-order valence-electron chi connectivity index (χ4n) is 3.65. The summed E-state index contributed by atoms with van der Waals surface area (Å²) in [6.07, 6.45) is 0. The van der Waals surface area contributed by atoms with Crippen molar-refractivity contribution >= 4 is 45.9 Å². The molecule has 27 heavy (non-hydrogen) atoms. The number of benzene rings is 1. The molecule has 3 aliphatic rings. The summed E-state index contributed by atoms with van der Waals surface area (Å²) in [6.45, 7) is 10.4. The molecular weight excluding hydrogens is 378 g/mol. The number of thioether (sulfide) groups is 1. The average molecular weight is 404 g/mol. The van der Waals surface area contributed by atoms with Crippen LogP contribution in [0.2, 0.25) is 0 Å². The summed E-state index contributed by atoms with van der Waals surface area (Å²) < 4.78 is 0.618. The van der Waals surface area contributed by atoms with Crippen LogP contribution in [0.15, 0.2) is 23.2 Å². The molecule has 8 heteroatoms. The van der Waals surface area contributed by atoms with Crippen LogP contribution in [0.4, 0.5) is 5.69 Å². The van der Waals surface area contributed by atoms with Crippen LogP contribution in [0, 0.1) is 13.8 Å². The minimum Gasteiger partial charge on any atom is -0.369 e. The van der Waals surface area contributed by atoms with Gasteiger partial charge in [0, 0.05) is 45.0 Å². The molecule has 3 heterocycles. The van der Waals surface area contributed by atoms with Gasteiger partial charge in [-0.05, 0) is 37.1 Å². The maximum Gasteiger partial charge on any atom is 0.249 e. The first-order chi connectivity index (χ1) is 13.0. The van der Waals surface area contributed by atoms with E-state index in [0.717, 1.165) is 39.3 Å². The number of amides is 1. The second kappa shape index (κ2) is 7.77. The van der Waals surface area contributed by atoms with Crippen LogP contribution in [0.1, 0.15) is 11.1 Å². The number of anilines is 1. The molecule has 0 aliphatic carbocycles. The maximum absolute atomic E-state index is 12.8. The van der Waals surface area contributed by atoms with Crippen LogP contribution in [-0.2, 0) is 4.79 Å². The lowest BCUT2D eigenvalue weighted by Gasteiger charge is -2.37. The summed E-state index contributed by atoms with van der Waals surface area (Å²) in [6, 6.07) is 6.67. The third-order valence-electron chi connectivity index (χ3n) is 5.44. The van der Waals surface area contributed by atoms with Crippen molar-refractivity contribution in [3.63, 3.8) is 0 Å². The number of nitrogens with one attached hydrogen (secondary N) is 1. The Kier molecular flexibility index (Phi) is 5.39. The highest BCUT2D eigenvalue weighted by Crippen LogP contribution is 2.29. The zero-order chi connectivity index (χ0) is 19.0. The Morgan fingerprint density at radius 2 is 2.00 bits per heavy atom. The van der Waals surface area contributed by atoms with Crippen LogP contribution >= 0.6 is 24.0 Å². The normalized spacial score (nSPS) is 23.8. The molecule has 1 unspecified atom stereocenters. The highest BCUT2D eigenvalue weighted by molar-refractivity contribution is 8.24. The SMILES string of the molecule is Cc1ccc(N2CCN(CC3SC(=S)N(C4=NCCN4)C3=O)CC2)cc1C. The van der Waals surface area contributed by atoms with Gasteiger partial charge < -0.3 is 10.2 Å². The summed E-state index contributed by atoms with van der Waals surface area (Å²) in [5, 5.41) is 3.02. The van der Waals surface area contributed by atoms with Gasteiger partial charge in [0.25, 0.3) is 0 Å². The Bertz CT molecular complexity index is 788. The number of hydrogen-bond acceptors (Lipinski definition) is 7. The first-order valence-corrected chi connectivity index (χ1v) is 10.7. The van der Waals surface area contributed by atoms with Crippen molar-refractivity contribution in [1.82, 2.24) is 15.1 Å². The summed E-state index contributed by atoms with van der Waals surface area (Å²) in [7, 11) is 0. The zero-order valence-electron chi connectivity index (χ0n) is 15.8. The molecule has 0 bridgehead atoms. The summed E-state index contributed by atoms with van der Waals surface area (Å²) >= 11 is 6.92. The lowest BCUT2D eigenvalue weighted by molar-refractivity contribution is -0.123. The van der Waals surface area contributed by atoms with Gasteiger partial charge in [0.2, 0.25) is 11.9 Å². The second-order valence-electron chi connectivity index (χ2n) is 7.23. The van der Waals surface area contributed by atoms with Gasteiger partial charge in [-0.15, -0.1) is 0 Å². The van der Waals surface area contributed by atoms with E-state index in [-0.39, 0.29) is 11.2 Å². The Balaban J connectivity index is 1.33. The smallest absolute Gasteiger partial charge is 0.249 e. The van der Waals surface area contributed by atoms with E-state index < -0.39 is 0 Å². The van der Waals surface area contributed by atoms with Crippen LogP contribution in [-0.4, -0.2) is 77.1 Å². The minimum atomic E-state index is -0.129. The molecule has 0 aromatic heterocycles. The standard InChI is InChI=1S/C19H25N5OS2/c1-13-3-4-15(11-14(13)2)23-9-7-22(8-10-23)12-16-17(25)24(19(26)27-16)18-20-5-6-21-18/h3-4,11,16H,5-10,12H2,1-2H3,(H,20,21). The Morgan fingerprint density at radius 3 is 2.67 bits per heavy atom. The minimum absolute atomic E-state index is 0.0646. The highest BCUT2D eigenvalue weighted by Gasteiger charge is 2.41. The van der Waals surface area contributed by atoms with Crippen LogP contribution in [0.5, 0.6) is 0 Å². The molecule has 1 atom stereocenters. The molecule has 1 aromatic carbocycles. The molecule has 3 aliphatic heterocycles. The molecule has 0 saturated carbocycles. The fourth-order valence-corrected chi connectivity index (χ4v) is 5.19. The lowest BCUT2D eigenvalue weighted by Crippen LogP contribution is -2.50. The molecule has 1 N–H and O–H groups in total. The predicted molar refractivity (Wildman–Crippen MR) is 116 cm³/mol. The number of carbonyl (C=O) groups is 1. The molecule has 2 fully saturated rings. The third-order valence-corrected chi connectivity index (χ3v) is 6.93. The molecule has 4 rings (SSSR count). The van der Waals surface area contributed by atoms with E-state index in [1.807, 2.05) is 0 Å². The van der Waals surface area contributed by atoms with Gasteiger partial charge in [0.05, 0.1) is 6.54 Å². The number of nitrogens with zero attached hydrogens (tertiary/aromatic N) is 4. The van der Waals surface area contributed by atoms with Crippen LogP contribution < -0.4 is 10.2 Å². The topological polar surface area (TPSA) is 51.2 Å². The molecule has 1 amide bonds. The maximum atomic E-state index is 12.8. The van der Waals surface area contributed by atoms with Crippen LogP contribution in [0.25, 0.3) is 0 Å². The van der Waals surface area contributed by atoms with E-state index in [0.29, 0.717) is 16.8 Å². The van der Waals surface area contributed by atoms with E-state index in [1.54, 1.807) is 4.90 Å². The van der Waals surface area contributed by atoms with Gasteiger partial charge in [-0.25, -0.2) is 4.90 Å². The van der Waals surface area contributed by atoms with Gasteiger partial charge in [-0.1, -0.05) is 30.0 Å². The second-order valence-corrected chi connectivity index (χ2v) is 9.07. The highest BCUT2D eigenvalue weighted by atomic mass is 32.2. The number of rotatable bonds is 3. The molecule has 2 saturated heterocycles. The molecule has 0 spiro atoms. The van der Waals surface area contributed by atoms with Crippen LogP contribution in [0.3, 0.4) is 0 Å². The van der Waals surface area contributed by atoms with Crippen molar-refractivity contribution in [2.75, 3.05) is 50.7 Å². The summed E-state index contributed by atoms with van der Waals surface area (Å²) in [4.78, 5) is 23.5. The van der Waals surface area contributed by atoms with Gasteiger partial charge in [0.15, 0.2) is 4.32 Å². The van der Waals surface area contributed by atoms with Crippen molar-refractivity contribution in [3.8, 4) is 0 Å². The number of carbonyl (C=O) groups excluding carboxylic acids is 1. The largest absolute Gasteiger partial charge is 0.369 e.